The molecule has 0 radical (unpaired) electrons. The zero-order chi connectivity index (χ0) is 19.9. The Morgan fingerprint density at radius 1 is 1.25 bits per heavy atom. The minimum absolute atomic E-state index is 0.294. The summed E-state index contributed by atoms with van der Waals surface area (Å²) in [7, 11) is 0. The third-order valence-corrected chi connectivity index (χ3v) is 5.93. The van der Waals surface area contributed by atoms with Gasteiger partial charge < -0.3 is 4.90 Å². The number of rotatable bonds is 5. The van der Waals surface area contributed by atoms with Crippen molar-refractivity contribution in [3.63, 3.8) is 0 Å². The Balaban J connectivity index is 1.85. The second-order valence-corrected chi connectivity index (χ2v) is 8.58. The van der Waals surface area contributed by atoms with E-state index < -0.39 is 0 Å². The van der Waals surface area contributed by atoms with Crippen molar-refractivity contribution < 1.29 is 0 Å². The third kappa shape index (κ3) is 3.49. The average Bonchev–Trinajstić information content (AvgIpc) is 3.36. The first-order valence-electron chi connectivity index (χ1n) is 10.1. The van der Waals surface area contributed by atoms with Crippen molar-refractivity contribution in [1.82, 2.24) is 4.90 Å². The fourth-order valence-corrected chi connectivity index (χ4v) is 4.23. The summed E-state index contributed by atoms with van der Waals surface area (Å²) < 4.78 is 0. The fraction of sp³-hybridized carbons (Fsp3) is 0.259. The lowest BCUT2D eigenvalue weighted by molar-refractivity contribution is 0.552. The van der Waals surface area contributed by atoms with Gasteiger partial charge in [-0.2, -0.15) is 0 Å². The molecule has 1 nitrogen and oxygen atoms in total. The van der Waals surface area contributed by atoms with Crippen molar-refractivity contribution in [3.8, 4) is 0 Å². The van der Waals surface area contributed by atoms with E-state index in [0.717, 1.165) is 23.4 Å². The molecule has 1 aromatic carbocycles. The van der Waals surface area contributed by atoms with E-state index in [9.17, 15) is 0 Å². The minimum atomic E-state index is 0.294. The summed E-state index contributed by atoms with van der Waals surface area (Å²) in [6.07, 6.45) is 20.1. The molecule has 3 aliphatic rings. The van der Waals surface area contributed by atoms with Gasteiger partial charge in [-0.3, -0.25) is 0 Å². The van der Waals surface area contributed by atoms with E-state index in [1.165, 1.54) is 28.8 Å². The van der Waals surface area contributed by atoms with Gasteiger partial charge in [0, 0.05) is 17.1 Å². The minimum Gasteiger partial charge on any atom is -0.311 e. The summed E-state index contributed by atoms with van der Waals surface area (Å²) in [5.74, 6) is 0.692. The highest BCUT2D eigenvalue weighted by molar-refractivity contribution is 5.63. The molecule has 1 fully saturated rings. The summed E-state index contributed by atoms with van der Waals surface area (Å²) >= 11 is 0. The Morgan fingerprint density at radius 3 is 2.79 bits per heavy atom. The van der Waals surface area contributed by atoms with E-state index in [0.29, 0.717) is 11.3 Å². The van der Waals surface area contributed by atoms with Gasteiger partial charge >= 0.3 is 0 Å². The summed E-state index contributed by atoms with van der Waals surface area (Å²) in [6.45, 7) is 14.7. The second-order valence-electron chi connectivity index (χ2n) is 8.58. The molecule has 3 aliphatic carbocycles. The van der Waals surface area contributed by atoms with Crippen LogP contribution in [0.15, 0.2) is 96.6 Å². The average molecular weight is 368 g/mol. The molecule has 2 unspecified atom stereocenters. The highest BCUT2D eigenvalue weighted by Crippen LogP contribution is 2.57. The van der Waals surface area contributed by atoms with Crippen LogP contribution in [0.3, 0.4) is 0 Å². The molecule has 1 aromatic rings. The van der Waals surface area contributed by atoms with Gasteiger partial charge in [0.15, 0.2) is 0 Å². The molecule has 0 aromatic heterocycles. The van der Waals surface area contributed by atoms with Gasteiger partial charge in [0.2, 0.25) is 0 Å². The van der Waals surface area contributed by atoms with E-state index in [1.807, 2.05) is 13.0 Å². The highest BCUT2D eigenvalue weighted by atomic mass is 15.2. The smallest absolute Gasteiger partial charge is 0.0464 e. The van der Waals surface area contributed by atoms with Crippen LogP contribution in [0.25, 0.3) is 6.08 Å². The number of fused-ring (bicyclic) bond motifs is 2. The molecule has 0 bridgehead atoms. The van der Waals surface area contributed by atoms with Crippen LogP contribution in [0, 0.1) is 18.3 Å². The van der Waals surface area contributed by atoms with Crippen molar-refractivity contribution in [1.29, 1.82) is 0 Å². The molecule has 28 heavy (non-hydrogen) atoms. The van der Waals surface area contributed by atoms with Crippen LogP contribution in [-0.2, 0) is 6.42 Å². The Labute approximate surface area is 169 Å². The number of allylic oxidation sites excluding steroid dienone is 8. The summed E-state index contributed by atoms with van der Waals surface area (Å²) in [5, 5.41) is 0. The second kappa shape index (κ2) is 6.98. The zero-order valence-electron chi connectivity index (χ0n) is 17.2. The molecule has 0 amide bonds. The molecular weight excluding hydrogens is 338 g/mol. The standard InChI is InChI=1S/C27H29N/c1-6-24(14-19(2)3)28(26-13-12-23-17-27(23,5)18-26)25-9-7-8-21-15-20(4)10-11-22(21)16-25/h6-7,9-16,18,23H,1-2,8,17H2,3-5H3/b24-14+. The highest BCUT2D eigenvalue weighted by Gasteiger charge is 2.48. The van der Waals surface area contributed by atoms with E-state index in [1.54, 1.807) is 0 Å². The Kier molecular flexibility index (Phi) is 4.63. The first-order valence-corrected chi connectivity index (χ1v) is 10.1. The van der Waals surface area contributed by atoms with Gasteiger partial charge in [0.1, 0.15) is 0 Å². The topological polar surface area (TPSA) is 3.24 Å². The third-order valence-electron chi connectivity index (χ3n) is 5.93. The number of hydrogen-bond donors (Lipinski definition) is 0. The lowest BCUT2D eigenvalue weighted by atomic mass is 9.98. The van der Waals surface area contributed by atoms with Crippen molar-refractivity contribution in [2.45, 2.75) is 33.6 Å². The SMILES string of the molecule is C=C/C(=C\C(=C)C)N(C1=Cc2ccc(C)cc2CC=C1)C1=CC2(C)CC2C=C1. The number of benzene rings is 1. The lowest BCUT2D eigenvalue weighted by Gasteiger charge is -2.30. The predicted octanol–water partition coefficient (Wildman–Crippen LogP) is 6.88. The lowest BCUT2D eigenvalue weighted by Crippen LogP contribution is -2.21. The molecule has 0 saturated heterocycles. The van der Waals surface area contributed by atoms with Gasteiger partial charge in [0.05, 0.1) is 0 Å². The maximum Gasteiger partial charge on any atom is 0.0464 e. The summed E-state index contributed by atoms with van der Waals surface area (Å²) in [5.41, 5.74) is 8.71. The van der Waals surface area contributed by atoms with Crippen LogP contribution in [0.5, 0.6) is 0 Å². The zero-order valence-corrected chi connectivity index (χ0v) is 17.2. The van der Waals surface area contributed by atoms with Crippen LogP contribution in [0.4, 0.5) is 0 Å². The van der Waals surface area contributed by atoms with Crippen LogP contribution in [0.1, 0.15) is 37.0 Å². The Hall–Kier alpha value is -2.80. The van der Waals surface area contributed by atoms with E-state index in [-0.39, 0.29) is 0 Å². The molecule has 0 N–H and O–H groups in total. The monoisotopic (exact) mass is 367 g/mol. The van der Waals surface area contributed by atoms with E-state index in [2.05, 4.69) is 92.6 Å². The molecule has 142 valence electrons. The molecule has 0 spiro atoms. The van der Waals surface area contributed by atoms with Gasteiger partial charge in [0.25, 0.3) is 0 Å². The van der Waals surface area contributed by atoms with Crippen molar-refractivity contribution in [2.75, 3.05) is 0 Å². The maximum absolute atomic E-state index is 4.10. The van der Waals surface area contributed by atoms with Gasteiger partial charge in [-0.1, -0.05) is 67.6 Å². The van der Waals surface area contributed by atoms with Crippen molar-refractivity contribution >= 4 is 6.08 Å². The maximum atomic E-state index is 4.10. The first-order chi connectivity index (χ1) is 13.4. The largest absolute Gasteiger partial charge is 0.311 e. The molecule has 0 heterocycles. The van der Waals surface area contributed by atoms with Crippen molar-refractivity contribution in [3.05, 3.63) is 113 Å². The molecule has 1 heteroatoms. The Bertz CT molecular complexity index is 995. The predicted molar refractivity (Wildman–Crippen MR) is 120 cm³/mol. The van der Waals surface area contributed by atoms with Crippen LogP contribution in [0.2, 0.25) is 0 Å². The van der Waals surface area contributed by atoms with E-state index >= 15 is 0 Å². The number of hydrogen-bond acceptors (Lipinski definition) is 1. The fourth-order valence-electron chi connectivity index (χ4n) is 4.23. The van der Waals surface area contributed by atoms with Crippen LogP contribution < -0.4 is 0 Å². The quantitative estimate of drug-likeness (QED) is 0.513. The molecule has 0 aliphatic heterocycles. The van der Waals surface area contributed by atoms with E-state index in [4.69, 9.17) is 0 Å². The van der Waals surface area contributed by atoms with Gasteiger partial charge in [-0.15, -0.1) is 0 Å². The number of nitrogens with zero attached hydrogens (tertiary/aromatic N) is 1. The van der Waals surface area contributed by atoms with Gasteiger partial charge in [-0.05, 0) is 79.5 Å². The Morgan fingerprint density at radius 2 is 2.07 bits per heavy atom. The van der Waals surface area contributed by atoms with Gasteiger partial charge in [-0.25, -0.2) is 0 Å². The normalized spacial score (nSPS) is 25.1. The van der Waals surface area contributed by atoms with Crippen LogP contribution in [-0.4, -0.2) is 4.90 Å². The number of aryl methyl sites for hydroxylation is 1. The first kappa shape index (κ1) is 18.6. The molecule has 1 saturated carbocycles. The molecular formula is C27H29N. The molecule has 2 atom stereocenters. The summed E-state index contributed by atoms with van der Waals surface area (Å²) in [6, 6.07) is 6.71. The summed E-state index contributed by atoms with van der Waals surface area (Å²) in [4.78, 5) is 2.32. The van der Waals surface area contributed by atoms with Crippen molar-refractivity contribution in [2.24, 2.45) is 11.3 Å². The molecule has 4 rings (SSSR count). The van der Waals surface area contributed by atoms with Crippen LogP contribution >= 0.6 is 0 Å².